The number of nitrogens with two attached hydrogens (primary N) is 1. The summed E-state index contributed by atoms with van der Waals surface area (Å²) < 4.78 is 0. The highest BCUT2D eigenvalue weighted by atomic mass is 16.1. The summed E-state index contributed by atoms with van der Waals surface area (Å²) in [5, 5.41) is 0. The summed E-state index contributed by atoms with van der Waals surface area (Å²) in [6.45, 7) is 0. The SMILES string of the molecule is NC(=O)CC12C[C@@H]3CC(C[C@@H](C3)C1)C2=O. The number of primary amides is 1. The highest BCUT2D eigenvalue weighted by molar-refractivity contribution is 5.93. The van der Waals surface area contributed by atoms with Crippen molar-refractivity contribution < 1.29 is 9.59 Å². The van der Waals surface area contributed by atoms with Crippen molar-refractivity contribution >= 4 is 11.7 Å². The van der Waals surface area contributed by atoms with E-state index in [1.807, 2.05) is 0 Å². The third kappa shape index (κ3) is 1.25. The van der Waals surface area contributed by atoms with Gasteiger partial charge in [0, 0.05) is 17.8 Å². The third-order valence-corrected chi connectivity index (χ3v) is 4.67. The Hall–Kier alpha value is -0.860. The fraction of sp³-hybridized carbons (Fsp3) is 0.833. The van der Waals surface area contributed by atoms with Crippen molar-refractivity contribution in [1.82, 2.24) is 0 Å². The van der Waals surface area contributed by atoms with Gasteiger partial charge in [-0.2, -0.15) is 0 Å². The second-order valence-electron chi connectivity index (χ2n) is 5.83. The van der Waals surface area contributed by atoms with Crippen LogP contribution in [0.2, 0.25) is 0 Å². The van der Waals surface area contributed by atoms with E-state index in [1.54, 1.807) is 0 Å². The second-order valence-corrected chi connectivity index (χ2v) is 5.83. The minimum Gasteiger partial charge on any atom is -0.370 e. The maximum absolute atomic E-state index is 12.2. The molecule has 4 aliphatic carbocycles. The predicted octanol–water partition coefficient (Wildman–Crippen LogP) is 1.26. The minimum absolute atomic E-state index is 0.260. The normalized spacial score (nSPS) is 47.2. The van der Waals surface area contributed by atoms with Gasteiger partial charge in [0.25, 0.3) is 0 Å². The smallest absolute Gasteiger partial charge is 0.218 e. The first-order valence-electron chi connectivity index (χ1n) is 5.92. The van der Waals surface area contributed by atoms with Crippen LogP contribution in [0, 0.1) is 23.2 Å². The largest absolute Gasteiger partial charge is 0.370 e. The van der Waals surface area contributed by atoms with Crippen LogP contribution in [0.3, 0.4) is 0 Å². The van der Waals surface area contributed by atoms with E-state index in [9.17, 15) is 9.59 Å². The highest BCUT2D eigenvalue weighted by Gasteiger charge is 2.56. The maximum atomic E-state index is 12.2. The average molecular weight is 207 g/mol. The van der Waals surface area contributed by atoms with E-state index >= 15 is 0 Å². The molecule has 0 spiro atoms. The zero-order valence-corrected chi connectivity index (χ0v) is 8.87. The summed E-state index contributed by atoms with van der Waals surface area (Å²) in [7, 11) is 0. The van der Waals surface area contributed by atoms with Gasteiger partial charge in [0.05, 0.1) is 0 Å². The summed E-state index contributed by atoms with van der Waals surface area (Å²) in [5.74, 6) is 1.70. The van der Waals surface area contributed by atoms with Crippen LogP contribution in [0.1, 0.15) is 38.5 Å². The topological polar surface area (TPSA) is 60.2 Å². The van der Waals surface area contributed by atoms with Gasteiger partial charge in [-0.3, -0.25) is 9.59 Å². The Balaban J connectivity index is 1.94. The Bertz CT molecular complexity index is 323. The standard InChI is InChI=1S/C12H17NO2/c13-10(14)6-12-4-7-1-8(5-12)3-9(2-7)11(12)15/h7-9H,1-6H2,(H2,13,14)/t7-,8+,9?,12?. The summed E-state index contributed by atoms with van der Waals surface area (Å²) in [6.07, 6.45) is 5.61. The first-order chi connectivity index (χ1) is 7.09. The number of amides is 1. The molecule has 82 valence electrons. The number of hydrogen-bond acceptors (Lipinski definition) is 2. The lowest BCUT2D eigenvalue weighted by Gasteiger charge is -2.55. The van der Waals surface area contributed by atoms with E-state index in [-0.39, 0.29) is 17.2 Å². The molecule has 4 saturated carbocycles. The molecule has 4 atom stereocenters. The molecule has 2 N–H and O–H groups in total. The molecule has 0 heterocycles. The Morgan fingerprint density at radius 3 is 2.40 bits per heavy atom. The van der Waals surface area contributed by atoms with Gasteiger partial charge in [-0.15, -0.1) is 0 Å². The predicted molar refractivity (Wildman–Crippen MR) is 54.8 cm³/mol. The molecule has 0 aromatic heterocycles. The zero-order valence-electron chi connectivity index (χ0n) is 8.87. The van der Waals surface area contributed by atoms with Gasteiger partial charge < -0.3 is 5.73 Å². The van der Waals surface area contributed by atoms with Crippen molar-refractivity contribution in [3.8, 4) is 0 Å². The van der Waals surface area contributed by atoms with E-state index in [2.05, 4.69) is 0 Å². The van der Waals surface area contributed by atoms with Gasteiger partial charge in [0.2, 0.25) is 5.91 Å². The molecule has 15 heavy (non-hydrogen) atoms. The quantitative estimate of drug-likeness (QED) is 0.741. The average Bonchev–Trinajstić information content (AvgIpc) is 2.11. The van der Waals surface area contributed by atoms with E-state index in [0.29, 0.717) is 24.0 Å². The fourth-order valence-corrected chi connectivity index (χ4v) is 4.50. The first kappa shape index (κ1) is 9.37. The van der Waals surface area contributed by atoms with E-state index in [4.69, 9.17) is 5.73 Å². The second kappa shape index (κ2) is 2.83. The molecule has 0 aromatic carbocycles. The molecule has 0 saturated heterocycles. The lowest BCUT2D eigenvalue weighted by atomic mass is 9.48. The van der Waals surface area contributed by atoms with Crippen LogP contribution in [-0.4, -0.2) is 11.7 Å². The molecule has 0 aromatic rings. The van der Waals surface area contributed by atoms with E-state index < -0.39 is 0 Å². The summed E-state index contributed by atoms with van der Waals surface area (Å²) >= 11 is 0. The monoisotopic (exact) mass is 207 g/mol. The van der Waals surface area contributed by atoms with Gasteiger partial charge in [0.1, 0.15) is 5.78 Å². The Morgan fingerprint density at radius 2 is 1.87 bits per heavy atom. The van der Waals surface area contributed by atoms with Crippen molar-refractivity contribution in [1.29, 1.82) is 0 Å². The van der Waals surface area contributed by atoms with Crippen molar-refractivity contribution in [2.75, 3.05) is 0 Å². The number of carbonyl (C=O) groups is 2. The van der Waals surface area contributed by atoms with Crippen LogP contribution in [0.4, 0.5) is 0 Å². The van der Waals surface area contributed by atoms with Crippen LogP contribution >= 0.6 is 0 Å². The molecular formula is C12H17NO2. The van der Waals surface area contributed by atoms with Crippen LogP contribution < -0.4 is 5.73 Å². The highest BCUT2D eigenvalue weighted by Crippen LogP contribution is 2.59. The Kier molecular flexibility index (Phi) is 1.77. The number of Topliss-reactive ketones (excluding diaryl/α,β-unsaturated/α-hetero) is 1. The van der Waals surface area contributed by atoms with Crippen molar-refractivity contribution in [2.45, 2.75) is 38.5 Å². The van der Waals surface area contributed by atoms with Gasteiger partial charge in [-0.25, -0.2) is 0 Å². The molecule has 3 heteroatoms. The Labute approximate surface area is 89.4 Å². The minimum atomic E-state index is -0.333. The maximum Gasteiger partial charge on any atom is 0.218 e. The van der Waals surface area contributed by atoms with E-state index in [0.717, 1.165) is 25.7 Å². The van der Waals surface area contributed by atoms with Crippen LogP contribution in [0.15, 0.2) is 0 Å². The molecule has 0 aliphatic heterocycles. The molecule has 1 amide bonds. The molecule has 4 fully saturated rings. The molecule has 2 unspecified atom stereocenters. The molecule has 0 radical (unpaired) electrons. The van der Waals surface area contributed by atoms with Gasteiger partial charge in [-0.1, -0.05) is 0 Å². The van der Waals surface area contributed by atoms with Crippen molar-refractivity contribution in [2.24, 2.45) is 28.9 Å². The fourth-order valence-electron chi connectivity index (χ4n) is 4.50. The van der Waals surface area contributed by atoms with E-state index in [1.165, 1.54) is 6.42 Å². The summed E-state index contributed by atoms with van der Waals surface area (Å²) in [5.41, 5.74) is 4.95. The first-order valence-corrected chi connectivity index (χ1v) is 5.92. The number of ketones is 1. The summed E-state index contributed by atoms with van der Waals surface area (Å²) in [6, 6.07) is 0. The molecular weight excluding hydrogens is 190 g/mol. The van der Waals surface area contributed by atoms with Crippen LogP contribution in [0.25, 0.3) is 0 Å². The number of rotatable bonds is 2. The number of hydrogen-bond donors (Lipinski definition) is 1. The number of carbonyl (C=O) groups excluding carboxylic acids is 2. The lowest BCUT2D eigenvalue weighted by Crippen LogP contribution is -2.54. The van der Waals surface area contributed by atoms with Crippen LogP contribution in [-0.2, 0) is 9.59 Å². The van der Waals surface area contributed by atoms with Gasteiger partial charge in [-0.05, 0) is 43.9 Å². The molecule has 3 nitrogen and oxygen atoms in total. The van der Waals surface area contributed by atoms with Gasteiger partial charge in [0.15, 0.2) is 0 Å². The zero-order chi connectivity index (χ0) is 10.6. The molecule has 4 bridgehead atoms. The Morgan fingerprint density at radius 1 is 1.27 bits per heavy atom. The molecule has 4 aliphatic rings. The van der Waals surface area contributed by atoms with Crippen molar-refractivity contribution in [3.63, 3.8) is 0 Å². The molecule has 4 rings (SSSR count). The van der Waals surface area contributed by atoms with Crippen molar-refractivity contribution in [3.05, 3.63) is 0 Å². The van der Waals surface area contributed by atoms with Gasteiger partial charge >= 0.3 is 0 Å². The summed E-state index contributed by atoms with van der Waals surface area (Å²) in [4.78, 5) is 23.3. The third-order valence-electron chi connectivity index (χ3n) is 4.67. The van der Waals surface area contributed by atoms with Crippen LogP contribution in [0.5, 0.6) is 0 Å². The lowest BCUT2D eigenvalue weighted by molar-refractivity contribution is -0.156.